The fourth-order valence-corrected chi connectivity index (χ4v) is 7.14. The minimum atomic E-state index is 0.0884. The van der Waals surface area contributed by atoms with Crippen molar-refractivity contribution in [2.45, 2.75) is 50.5 Å². The maximum absolute atomic E-state index is 13.0. The number of piperidine rings is 1. The number of benzene rings is 1. The first kappa shape index (κ1) is 24.8. The van der Waals surface area contributed by atoms with Gasteiger partial charge in [-0.3, -0.25) is 4.79 Å². The molecule has 37 heavy (non-hydrogen) atoms. The van der Waals surface area contributed by atoms with Gasteiger partial charge in [-0.1, -0.05) is 18.5 Å². The number of pyridine rings is 1. The molecular weight excluding hydrogens is 574 g/mol. The molecular formula is C27H27BrClN5O2S. The van der Waals surface area contributed by atoms with Gasteiger partial charge in [0.1, 0.15) is 27.8 Å². The molecule has 3 aromatic heterocycles. The normalized spacial score (nSPS) is 17.4. The second-order valence-electron chi connectivity index (χ2n) is 10.1. The van der Waals surface area contributed by atoms with Crippen molar-refractivity contribution in [2.24, 2.45) is 0 Å². The van der Waals surface area contributed by atoms with Crippen LogP contribution in [0.4, 0.5) is 0 Å². The van der Waals surface area contributed by atoms with E-state index in [1.165, 1.54) is 5.56 Å². The van der Waals surface area contributed by atoms with Gasteiger partial charge in [0.15, 0.2) is 5.65 Å². The number of amides is 1. The molecule has 0 bridgehead atoms. The molecule has 4 heterocycles. The van der Waals surface area contributed by atoms with Crippen LogP contribution in [0.25, 0.3) is 22.4 Å². The van der Waals surface area contributed by atoms with Gasteiger partial charge in [0.25, 0.3) is 0 Å². The van der Waals surface area contributed by atoms with Crippen LogP contribution in [0.3, 0.4) is 0 Å². The molecule has 10 heteroatoms. The fourth-order valence-electron chi connectivity index (χ4n) is 5.15. The predicted octanol–water partition coefficient (Wildman–Crippen LogP) is 6.44. The van der Waals surface area contributed by atoms with Gasteiger partial charge in [0.05, 0.1) is 22.9 Å². The Labute approximate surface area is 233 Å². The molecule has 0 N–H and O–H groups in total. The van der Waals surface area contributed by atoms with Gasteiger partial charge in [0, 0.05) is 36.3 Å². The Hall–Kier alpha value is -2.49. The monoisotopic (exact) mass is 599 g/mol. The highest BCUT2D eigenvalue weighted by molar-refractivity contribution is 9.10. The number of fused-ring (bicyclic) bond motifs is 1. The quantitative estimate of drug-likeness (QED) is 0.255. The Morgan fingerprint density at radius 2 is 2.05 bits per heavy atom. The Kier molecular flexibility index (Phi) is 6.49. The standard InChI is InChI=1S/C27H27BrClN5O2S/c1-27(7-8-27)18-12-17(13-19(28)23(18)36-2)22-24(29)37-26(32-22)16-5-10-33(11-6-16)21(35)14-34-15-31-20-4-3-9-30-25(20)34/h3-4,9,12-13,15-16H,5-8,10-11,14H2,1-2H3. The van der Waals surface area contributed by atoms with Crippen LogP contribution in [0, 0.1) is 0 Å². The molecule has 4 aromatic rings. The van der Waals surface area contributed by atoms with Crippen molar-refractivity contribution in [3.05, 3.63) is 56.2 Å². The fraction of sp³-hybridized carbons (Fsp3) is 0.407. The van der Waals surface area contributed by atoms with Gasteiger partial charge in [-0.15, -0.1) is 11.3 Å². The van der Waals surface area contributed by atoms with Crippen molar-refractivity contribution in [1.82, 2.24) is 24.4 Å². The maximum atomic E-state index is 13.0. The first-order valence-electron chi connectivity index (χ1n) is 12.4. The molecule has 6 rings (SSSR count). The van der Waals surface area contributed by atoms with Crippen LogP contribution in [-0.4, -0.2) is 50.5 Å². The number of hydrogen-bond donors (Lipinski definition) is 0. The maximum Gasteiger partial charge on any atom is 0.242 e. The summed E-state index contributed by atoms with van der Waals surface area (Å²) in [5, 5.41) is 1.04. The summed E-state index contributed by atoms with van der Waals surface area (Å²) in [5.41, 5.74) is 4.73. The number of halogens is 2. The smallest absolute Gasteiger partial charge is 0.242 e. The summed E-state index contributed by atoms with van der Waals surface area (Å²) < 4.78 is 9.16. The van der Waals surface area contributed by atoms with Crippen molar-refractivity contribution >= 4 is 55.9 Å². The van der Waals surface area contributed by atoms with Crippen LogP contribution in [0.1, 0.15) is 49.1 Å². The van der Waals surface area contributed by atoms with Crippen LogP contribution in [0.15, 0.2) is 41.3 Å². The summed E-state index contributed by atoms with van der Waals surface area (Å²) in [5.74, 6) is 1.27. The van der Waals surface area contributed by atoms with Crippen molar-refractivity contribution < 1.29 is 9.53 Å². The lowest BCUT2D eigenvalue weighted by Crippen LogP contribution is -2.39. The second kappa shape index (κ2) is 9.67. The number of rotatable bonds is 6. The zero-order valence-corrected chi connectivity index (χ0v) is 23.9. The van der Waals surface area contributed by atoms with Gasteiger partial charge in [-0.05, 0) is 71.3 Å². The van der Waals surface area contributed by atoms with Crippen molar-refractivity contribution in [3.63, 3.8) is 0 Å². The van der Waals surface area contributed by atoms with Crippen molar-refractivity contribution in [2.75, 3.05) is 20.2 Å². The van der Waals surface area contributed by atoms with Gasteiger partial charge in [-0.25, -0.2) is 15.0 Å². The third kappa shape index (κ3) is 4.66. The molecule has 2 aliphatic rings. The lowest BCUT2D eigenvalue weighted by atomic mass is 9.94. The highest BCUT2D eigenvalue weighted by Gasteiger charge is 2.42. The van der Waals surface area contributed by atoms with E-state index < -0.39 is 0 Å². The minimum Gasteiger partial charge on any atom is -0.495 e. The SMILES string of the molecule is COc1c(Br)cc(-c2nc(C3CCN(C(=O)Cn4cnc5cccnc54)CC3)sc2Cl)cc1C1(C)CC1. The zero-order valence-electron chi connectivity index (χ0n) is 20.7. The van der Waals surface area contributed by atoms with E-state index in [0.29, 0.717) is 17.4 Å². The Morgan fingerprint density at radius 3 is 2.78 bits per heavy atom. The summed E-state index contributed by atoms with van der Waals surface area (Å²) in [7, 11) is 1.72. The number of carbonyl (C=O) groups is 1. The number of imidazole rings is 1. The second-order valence-corrected chi connectivity index (χ2v) is 12.6. The molecule has 1 amide bonds. The summed E-state index contributed by atoms with van der Waals surface area (Å²) >= 11 is 12.0. The summed E-state index contributed by atoms with van der Waals surface area (Å²) in [4.78, 5) is 28.6. The van der Waals surface area contributed by atoms with E-state index in [9.17, 15) is 4.79 Å². The number of nitrogens with zero attached hydrogens (tertiary/aromatic N) is 5. The van der Waals surface area contributed by atoms with E-state index in [0.717, 1.165) is 63.3 Å². The van der Waals surface area contributed by atoms with Crippen LogP contribution in [0.2, 0.25) is 4.34 Å². The van der Waals surface area contributed by atoms with E-state index in [1.807, 2.05) is 21.6 Å². The van der Waals surface area contributed by atoms with Crippen LogP contribution in [-0.2, 0) is 16.8 Å². The van der Waals surface area contributed by atoms with Gasteiger partial charge >= 0.3 is 0 Å². The summed E-state index contributed by atoms with van der Waals surface area (Å²) in [6, 6.07) is 7.99. The first-order chi connectivity index (χ1) is 17.9. The third-order valence-electron chi connectivity index (χ3n) is 7.65. The molecule has 1 saturated carbocycles. The number of hydrogen-bond acceptors (Lipinski definition) is 6. The van der Waals surface area contributed by atoms with Crippen molar-refractivity contribution in [3.8, 4) is 17.0 Å². The summed E-state index contributed by atoms with van der Waals surface area (Å²) in [6.45, 7) is 3.92. The largest absolute Gasteiger partial charge is 0.495 e. The molecule has 1 aliphatic heterocycles. The number of thiazole rings is 1. The lowest BCUT2D eigenvalue weighted by molar-refractivity contribution is -0.132. The average molecular weight is 601 g/mol. The third-order valence-corrected chi connectivity index (χ3v) is 9.66. The highest BCUT2D eigenvalue weighted by Crippen LogP contribution is 2.53. The van der Waals surface area contributed by atoms with E-state index in [4.69, 9.17) is 21.3 Å². The molecule has 0 spiro atoms. The highest BCUT2D eigenvalue weighted by atomic mass is 79.9. The molecule has 2 fully saturated rings. The van der Waals surface area contributed by atoms with Gasteiger partial charge < -0.3 is 14.2 Å². The van der Waals surface area contributed by atoms with Crippen molar-refractivity contribution in [1.29, 1.82) is 0 Å². The topological polar surface area (TPSA) is 73.1 Å². The van der Waals surface area contributed by atoms with Crippen LogP contribution in [0.5, 0.6) is 5.75 Å². The molecule has 0 unspecified atom stereocenters. The molecule has 1 aliphatic carbocycles. The number of aromatic nitrogens is 4. The lowest BCUT2D eigenvalue weighted by Gasteiger charge is -2.31. The molecule has 192 valence electrons. The van der Waals surface area contributed by atoms with E-state index in [2.05, 4.69) is 45.0 Å². The number of ether oxygens (including phenoxy) is 1. The minimum absolute atomic E-state index is 0.0884. The average Bonchev–Trinajstić information content (AvgIpc) is 3.35. The van der Waals surface area contributed by atoms with E-state index in [1.54, 1.807) is 31.0 Å². The molecule has 0 radical (unpaired) electrons. The van der Waals surface area contributed by atoms with E-state index >= 15 is 0 Å². The molecule has 1 saturated heterocycles. The predicted molar refractivity (Wildman–Crippen MR) is 149 cm³/mol. The van der Waals surface area contributed by atoms with Crippen LogP contribution >= 0.6 is 38.9 Å². The zero-order chi connectivity index (χ0) is 25.7. The number of likely N-dealkylation sites (tertiary alicyclic amines) is 1. The van der Waals surface area contributed by atoms with E-state index in [-0.39, 0.29) is 23.8 Å². The van der Waals surface area contributed by atoms with Gasteiger partial charge in [-0.2, -0.15) is 0 Å². The molecule has 1 aromatic carbocycles. The Bertz CT molecular complexity index is 1490. The van der Waals surface area contributed by atoms with Crippen LogP contribution < -0.4 is 4.74 Å². The number of methoxy groups -OCH3 is 1. The number of carbonyl (C=O) groups excluding carboxylic acids is 1. The van der Waals surface area contributed by atoms with Gasteiger partial charge in [0.2, 0.25) is 5.91 Å². The molecule has 7 nitrogen and oxygen atoms in total. The first-order valence-corrected chi connectivity index (χ1v) is 14.4. The Balaban J connectivity index is 1.16. The molecule has 0 atom stereocenters. The Morgan fingerprint density at radius 1 is 1.27 bits per heavy atom. The summed E-state index contributed by atoms with van der Waals surface area (Å²) in [6.07, 6.45) is 7.46.